The Morgan fingerprint density at radius 2 is 1.78 bits per heavy atom. The fraction of sp³-hybridized carbons (Fsp3) is 0.483. The molecule has 0 radical (unpaired) electrons. The largest absolute Gasteiger partial charge is 0.481 e. The van der Waals surface area contributed by atoms with Crippen molar-refractivity contribution >= 4 is 29.0 Å². The molecule has 37 heavy (non-hydrogen) atoms. The molecule has 1 aliphatic carbocycles. The number of anilines is 2. The Hall–Kier alpha value is -3.55. The van der Waals surface area contributed by atoms with Crippen molar-refractivity contribution in [1.82, 2.24) is 14.7 Å². The number of aromatic nitrogens is 2. The van der Waals surface area contributed by atoms with Gasteiger partial charge in [0.15, 0.2) is 0 Å². The van der Waals surface area contributed by atoms with E-state index in [1.807, 2.05) is 24.7 Å². The molecule has 1 atom stereocenters. The molecule has 8 nitrogen and oxygen atoms in total. The van der Waals surface area contributed by atoms with E-state index in [2.05, 4.69) is 60.6 Å². The molecule has 1 saturated carbocycles. The number of imidazole rings is 1. The average molecular weight is 506 g/mol. The first kappa shape index (κ1) is 26.5. The fourth-order valence-corrected chi connectivity index (χ4v) is 5.09. The lowest BCUT2D eigenvalue weighted by molar-refractivity contribution is -0.137. The summed E-state index contributed by atoms with van der Waals surface area (Å²) in [7, 11) is 4.02. The summed E-state index contributed by atoms with van der Waals surface area (Å²) in [5.74, 6) is -0.0896. The molecule has 8 heteroatoms. The number of nitrogens with zero attached hydrogens (tertiary/aromatic N) is 3. The number of carboxylic acids is 1. The standard InChI is InChI=1S/C29H39N5O3/c1-29(2,3)32-27-26(20-11-13-22(14-12-20)33(4)5)31-24-17-21(15-16-34(24)27)28(37)30-23(18-25(35)36)19-9-7-6-8-10-19/h11-17,19,23,32H,6-10,18H2,1-5H3,(H,30,37)(H,35,36). The predicted molar refractivity (Wildman–Crippen MR) is 148 cm³/mol. The molecule has 0 saturated heterocycles. The van der Waals surface area contributed by atoms with E-state index in [4.69, 9.17) is 4.98 Å². The number of aliphatic carboxylic acids is 1. The van der Waals surface area contributed by atoms with Crippen LogP contribution in [0.15, 0.2) is 42.6 Å². The number of hydrogen-bond acceptors (Lipinski definition) is 5. The number of benzene rings is 1. The maximum Gasteiger partial charge on any atom is 0.305 e. The van der Waals surface area contributed by atoms with E-state index < -0.39 is 5.97 Å². The first-order valence-electron chi connectivity index (χ1n) is 13.1. The van der Waals surface area contributed by atoms with Crippen LogP contribution in [0.5, 0.6) is 0 Å². The smallest absolute Gasteiger partial charge is 0.305 e. The van der Waals surface area contributed by atoms with E-state index in [0.717, 1.165) is 48.4 Å². The Bertz CT molecular complexity index is 1250. The van der Waals surface area contributed by atoms with Crippen LogP contribution in [0.25, 0.3) is 16.9 Å². The minimum Gasteiger partial charge on any atom is -0.481 e. The highest BCUT2D eigenvalue weighted by molar-refractivity contribution is 5.96. The van der Waals surface area contributed by atoms with Crippen molar-refractivity contribution in [3.05, 3.63) is 48.2 Å². The number of hydrogen-bond donors (Lipinski definition) is 3. The molecule has 1 fully saturated rings. The van der Waals surface area contributed by atoms with Crippen molar-refractivity contribution in [3.8, 4) is 11.3 Å². The molecule has 2 aromatic heterocycles. The average Bonchev–Trinajstić information content (AvgIpc) is 3.20. The molecular weight excluding hydrogens is 466 g/mol. The van der Waals surface area contributed by atoms with Gasteiger partial charge in [-0.05, 0) is 63.8 Å². The lowest BCUT2D eigenvalue weighted by Crippen LogP contribution is -2.42. The summed E-state index contributed by atoms with van der Waals surface area (Å²) in [5, 5.41) is 16.1. The topological polar surface area (TPSA) is 99.0 Å². The number of amides is 1. The number of nitrogens with one attached hydrogen (secondary N) is 2. The fourth-order valence-electron chi connectivity index (χ4n) is 5.09. The monoisotopic (exact) mass is 505 g/mol. The lowest BCUT2D eigenvalue weighted by atomic mass is 9.82. The van der Waals surface area contributed by atoms with Gasteiger partial charge in [-0.25, -0.2) is 4.98 Å². The summed E-state index contributed by atoms with van der Waals surface area (Å²) in [6.45, 7) is 6.29. The molecule has 0 spiro atoms. The predicted octanol–water partition coefficient (Wildman–Crippen LogP) is 5.43. The minimum absolute atomic E-state index is 0.0607. The summed E-state index contributed by atoms with van der Waals surface area (Å²) in [6, 6.07) is 11.4. The van der Waals surface area contributed by atoms with E-state index in [9.17, 15) is 14.7 Å². The molecule has 3 aromatic rings. The second-order valence-corrected chi connectivity index (χ2v) is 11.3. The molecule has 198 valence electrons. The Balaban J connectivity index is 1.67. The van der Waals surface area contributed by atoms with Gasteiger partial charge < -0.3 is 20.6 Å². The molecule has 2 heterocycles. The first-order valence-corrected chi connectivity index (χ1v) is 13.1. The van der Waals surface area contributed by atoms with Crippen LogP contribution in [0, 0.1) is 5.92 Å². The van der Waals surface area contributed by atoms with E-state index in [-0.39, 0.29) is 29.8 Å². The van der Waals surface area contributed by atoms with Crippen LogP contribution >= 0.6 is 0 Å². The number of pyridine rings is 1. The highest BCUT2D eigenvalue weighted by Crippen LogP contribution is 2.32. The number of carboxylic acid groups (broad SMARTS) is 1. The summed E-state index contributed by atoms with van der Waals surface area (Å²) in [6.07, 6.45) is 7.04. The van der Waals surface area contributed by atoms with E-state index in [1.165, 1.54) is 6.42 Å². The van der Waals surface area contributed by atoms with Gasteiger partial charge in [-0.2, -0.15) is 0 Å². The highest BCUT2D eigenvalue weighted by Gasteiger charge is 2.28. The van der Waals surface area contributed by atoms with Gasteiger partial charge in [0.1, 0.15) is 17.2 Å². The van der Waals surface area contributed by atoms with Gasteiger partial charge in [-0.15, -0.1) is 0 Å². The first-order chi connectivity index (χ1) is 17.5. The molecular formula is C29H39N5O3. The van der Waals surface area contributed by atoms with Gasteiger partial charge in [-0.1, -0.05) is 31.4 Å². The van der Waals surface area contributed by atoms with Crippen LogP contribution in [0.3, 0.4) is 0 Å². The maximum absolute atomic E-state index is 13.3. The molecule has 0 bridgehead atoms. The van der Waals surface area contributed by atoms with Gasteiger partial charge in [-0.3, -0.25) is 14.0 Å². The van der Waals surface area contributed by atoms with Gasteiger partial charge in [0, 0.05) is 48.7 Å². The summed E-state index contributed by atoms with van der Waals surface area (Å²) in [4.78, 5) is 31.7. The van der Waals surface area contributed by atoms with Crippen molar-refractivity contribution < 1.29 is 14.7 Å². The Labute approximate surface area is 219 Å². The summed E-state index contributed by atoms with van der Waals surface area (Å²) < 4.78 is 1.97. The zero-order valence-electron chi connectivity index (χ0n) is 22.5. The lowest BCUT2D eigenvalue weighted by Gasteiger charge is -2.30. The van der Waals surface area contributed by atoms with Crippen LogP contribution < -0.4 is 15.5 Å². The van der Waals surface area contributed by atoms with Gasteiger partial charge in [0.05, 0.1) is 6.42 Å². The third-order valence-corrected chi connectivity index (χ3v) is 6.97. The molecule has 1 amide bonds. The highest BCUT2D eigenvalue weighted by atomic mass is 16.4. The Kier molecular flexibility index (Phi) is 7.76. The zero-order valence-corrected chi connectivity index (χ0v) is 22.5. The second kappa shape index (κ2) is 10.8. The van der Waals surface area contributed by atoms with Crippen molar-refractivity contribution in [1.29, 1.82) is 0 Å². The summed E-state index contributed by atoms with van der Waals surface area (Å²) >= 11 is 0. The maximum atomic E-state index is 13.3. The van der Waals surface area contributed by atoms with Crippen LogP contribution in [0.1, 0.15) is 69.7 Å². The van der Waals surface area contributed by atoms with Gasteiger partial charge in [0.2, 0.25) is 0 Å². The van der Waals surface area contributed by atoms with Crippen LogP contribution in [0.2, 0.25) is 0 Å². The van der Waals surface area contributed by atoms with Crippen molar-refractivity contribution in [3.63, 3.8) is 0 Å². The van der Waals surface area contributed by atoms with Crippen molar-refractivity contribution in [2.24, 2.45) is 5.92 Å². The molecule has 1 unspecified atom stereocenters. The number of carbonyl (C=O) groups excluding carboxylic acids is 1. The van der Waals surface area contributed by atoms with Crippen molar-refractivity contribution in [2.75, 3.05) is 24.3 Å². The minimum atomic E-state index is -0.887. The van der Waals surface area contributed by atoms with E-state index >= 15 is 0 Å². The van der Waals surface area contributed by atoms with Crippen molar-refractivity contribution in [2.45, 2.75) is 70.9 Å². The zero-order chi connectivity index (χ0) is 26.7. The van der Waals surface area contributed by atoms with Crippen LogP contribution in [-0.4, -0.2) is 52.0 Å². The third-order valence-electron chi connectivity index (χ3n) is 6.97. The Morgan fingerprint density at radius 1 is 1.11 bits per heavy atom. The van der Waals surface area contributed by atoms with Crippen LogP contribution in [-0.2, 0) is 4.79 Å². The van der Waals surface area contributed by atoms with Gasteiger partial charge >= 0.3 is 5.97 Å². The third kappa shape index (κ3) is 6.42. The number of fused-ring (bicyclic) bond motifs is 1. The number of carbonyl (C=O) groups is 2. The number of rotatable bonds is 8. The quantitative estimate of drug-likeness (QED) is 0.378. The molecule has 1 aromatic carbocycles. The van der Waals surface area contributed by atoms with Crippen LogP contribution in [0.4, 0.5) is 11.5 Å². The van der Waals surface area contributed by atoms with E-state index in [1.54, 1.807) is 12.1 Å². The SMILES string of the molecule is CN(C)c1ccc(-c2nc3cc(C(=O)NC(CC(=O)O)C4CCCCC4)ccn3c2NC(C)(C)C)cc1. The molecule has 0 aliphatic heterocycles. The summed E-state index contributed by atoms with van der Waals surface area (Å²) in [5.41, 5.74) is 3.81. The molecule has 4 rings (SSSR count). The molecule has 3 N–H and O–H groups in total. The van der Waals surface area contributed by atoms with E-state index in [0.29, 0.717) is 11.2 Å². The normalized spacial score (nSPS) is 15.4. The van der Waals surface area contributed by atoms with Gasteiger partial charge in [0.25, 0.3) is 5.91 Å². The Morgan fingerprint density at radius 3 is 2.38 bits per heavy atom. The molecule has 1 aliphatic rings. The second-order valence-electron chi connectivity index (χ2n) is 11.3.